The van der Waals surface area contributed by atoms with Crippen LogP contribution in [0, 0.1) is 0 Å². The van der Waals surface area contributed by atoms with Crippen molar-refractivity contribution in [2.45, 2.75) is 26.3 Å². The molecule has 6 nitrogen and oxygen atoms in total. The lowest BCUT2D eigenvalue weighted by molar-refractivity contribution is 0.0526. The van der Waals surface area contributed by atoms with Crippen molar-refractivity contribution in [1.29, 1.82) is 0 Å². The van der Waals surface area contributed by atoms with Gasteiger partial charge in [0.25, 0.3) is 0 Å². The molecular formula is C11H16ClN3O3. The number of carbonyl (C=O) groups is 1. The number of esters is 1. The Bertz CT molecular complexity index is 438. The molecule has 0 amide bonds. The van der Waals surface area contributed by atoms with Crippen LogP contribution in [0.1, 0.15) is 31.1 Å². The number of halogens is 1. The second kappa shape index (κ2) is 5.97. The van der Waals surface area contributed by atoms with Crippen molar-refractivity contribution in [2.75, 3.05) is 18.5 Å². The Kier molecular flexibility index (Phi) is 4.86. The van der Waals surface area contributed by atoms with Crippen LogP contribution in [0.4, 0.5) is 5.82 Å². The molecule has 1 aromatic heterocycles. The maximum absolute atomic E-state index is 11.7. The van der Waals surface area contributed by atoms with Crippen LogP contribution in [-0.4, -0.2) is 39.8 Å². The summed E-state index contributed by atoms with van der Waals surface area (Å²) in [6.45, 7) is 5.36. The fourth-order valence-corrected chi connectivity index (χ4v) is 1.31. The summed E-state index contributed by atoms with van der Waals surface area (Å²) in [5.41, 5.74) is -0.457. The Hall–Kier alpha value is -1.40. The number of aromatic nitrogens is 2. The molecule has 0 bridgehead atoms. The van der Waals surface area contributed by atoms with Gasteiger partial charge in [0.2, 0.25) is 5.28 Å². The second-order valence-electron chi connectivity index (χ2n) is 4.29. The van der Waals surface area contributed by atoms with Crippen LogP contribution >= 0.6 is 11.6 Å². The first kappa shape index (κ1) is 14.7. The minimum absolute atomic E-state index is 0.0132. The van der Waals surface area contributed by atoms with E-state index >= 15 is 0 Å². The van der Waals surface area contributed by atoms with E-state index in [1.165, 1.54) is 6.20 Å². The van der Waals surface area contributed by atoms with Crippen molar-refractivity contribution in [2.24, 2.45) is 0 Å². The molecule has 100 valence electrons. The monoisotopic (exact) mass is 273 g/mol. The van der Waals surface area contributed by atoms with E-state index in [0.29, 0.717) is 0 Å². The van der Waals surface area contributed by atoms with Gasteiger partial charge in [-0.25, -0.2) is 9.78 Å². The molecule has 0 radical (unpaired) electrons. The smallest absolute Gasteiger partial charge is 0.343 e. The van der Waals surface area contributed by atoms with E-state index in [1.807, 2.05) is 0 Å². The van der Waals surface area contributed by atoms with Gasteiger partial charge in [0.1, 0.15) is 11.4 Å². The summed E-state index contributed by atoms with van der Waals surface area (Å²) in [5, 5.41) is 12.1. The Morgan fingerprint density at radius 3 is 2.83 bits per heavy atom. The van der Waals surface area contributed by atoms with Crippen LogP contribution in [0.3, 0.4) is 0 Å². The molecule has 18 heavy (non-hydrogen) atoms. The van der Waals surface area contributed by atoms with Crippen LogP contribution in [0.15, 0.2) is 6.20 Å². The summed E-state index contributed by atoms with van der Waals surface area (Å²) in [5.74, 6) is -0.294. The van der Waals surface area contributed by atoms with Crippen LogP contribution in [0.25, 0.3) is 0 Å². The molecule has 0 aliphatic carbocycles. The van der Waals surface area contributed by atoms with Gasteiger partial charge in [-0.2, -0.15) is 4.98 Å². The Labute approximate surface area is 110 Å². The third-order valence-corrected chi connectivity index (χ3v) is 2.29. The van der Waals surface area contributed by atoms with Gasteiger partial charge < -0.3 is 15.2 Å². The van der Waals surface area contributed by atoms with E-state index < -0.39 is 11.5 Å². The summed E-state index contributed by atoms with van der Waals surface area (Å²) in [6.07, 6.45) is 1.29. The number of carbonyl (C=O) groups excluding carboxylic acids is 1. The standard InChI is InChI=1S/C11H16ClN3O3/c1-4-18-9(17)7-5-13-10(12)14-8(7)15-11(2,3)6-16/h5,16H,4,6H2,1-3H3,(H,13,14,15). The Morgan fingerprint density at radius 2 is 2.28 bits per heavy atom. The number of ether oxygens (including phenoxy) is 1. The number of rotatable bonds is 5. The third-order valence-electron chi connectivity index (χ3n) is 2.11. The summed E-state index contributed by atoms with van der Waals surface area (Å²) in [6, 6.07) is 0. The molecular weight excluding hydrogens is 258 g/mol. The maximum atomic E-state index is 11.7. The molecule has 7 heteroatoms. The number of aliphatic hydroxyl groups excluding tert-OH is 1. The molecule has 0 aromatic carbocycles. The highest BCUT2D eigenvalue weighted by Gasteiger charge is 2.22. The molecule has 1 aromatic rings. The van der Waals surface area contributed by atoms with Crippen molar-refractivity contribution in [3.05, 3.63) is 17.0 Å². The van der Waals surface area contributed by atoms with Gasteiger partial charge in [0, 0.05) is 6.20 Å². The van der Waals surface area contributed by atoms with Crippen LogP contribution < -0.4 is 5.32 Å². The lowest BCUT2D eigenvalue weighted by Crippen LogP contribution is -2.36. The number of hydrogen-bond donors (Lipinski definition) is 2. The van der Waals surface area contributed by atoms with Crippen molar-refractivity contribution >= 4 is 23.4 Å². The first-order valence-electron chi connectivity index (χ1n) is 5.48. The first-order valence-corrected chi connectivity index (χ1v) is 5.86. The van der Waals surface area contributed by atoms with Gasteiger partial charge in [-0.1, -0.05) is 0 Å². The number of nitrogens with zero attached hydrogens (tertiary/aromatic N) is 2. The van der Waals surface area contributed by atoms with Gasteiger partial charge in [-0.05, 0) is 32.4 Å². The molecule has 0 spiro atoms. The van der Waals surface area contributed by atoms with E-state index in [1.54, 1.807) is 20.8 Å². The predicted octanol–water partition coefficient (Wildman–Crippen LogP) is 1.49. The number of anilines is 1. The SMILES string of the molecule is CCOC(=O)c1cnc(Cl)nc1NC(C)(C)CO. The highest BCUT2D eigenvalue weighted by molar-refractivity contribution is 6.28. The van der Waals surface area contributed by atoms with Gasteiger partial charge in [0.15, 0.2) is 0 Å². The van der Waals surface area contributed by atoms with Crippen LogP contribution in [0.5, 0.6) is 0 Å². The minimum atomic E-state index is -0.640. The van der Waals surface area contributed by atoms with Gasteiger partial charge in [0.05, 0.1) is 18.8 Å². The third kappa shape index (κ3) is 3.82. The second-order valence-corrected chi connectivity index (χ2v) is 4.63. The zero-order valence-corrected chi connectivity index (χ0v) is 11.3. The summed E-state index contributed by atoms with van der Waals surface area (Å²) in [7, 11) is 0. The van der Waals surface area contributed by atoms with E-state index in [0.717, 1.165) is 0 Å². The van der Waals surface area contributed by atoms with Crippen LogP contribution in [-0.2, 0) is 4.74 Å². The summed E-state index contributed by atoms with van der Waals surface area (Å²) in [4.78, 5) is 19.4. The van der Waals surface area contributed by atoms with E-state index in [4.69, 9.17) is 16.3 Å². The zero-order valence-electron chi connectivity index (χ0n) is 10.5. The van der Waals surface area contributed by atoms with Crippen molar-refractivity contribution in [3.8, 4) is 0 Å². The van der Waals surface area contributed by atoms with Gasteiger partial charge in [-0.15, -0.1) is 0 Å². The molecule has 0 aliphatic heterocycles. The maximum Gasteiger partial charge on any atom is 0.343 e. The number of aliphatic hydroxyl groups is 1. The predicted molar refractivity (Wildman–Crippen MR) is 67.8 cm³/mol. The van der Waals surface area contributed by atoms with Gasteiger partial charge >= 0.3 is 5.97 Å². The molecule has 0 saturated heterocycles. The minimum Gasteiger partial charge on any atom is -0.462 e. The fraction of sp³-hybridized carbons (Fsp3) is 0.545. The lowest BCUT2D eigenvalue weighted by Gasteiger charge is -2.25. The summed E-state index contributed by atoms with van der Waals surface area (Å²) >= 11 is 5.69. The normalized spacial score (nSPS) is 11.2. The van der Waals surface area contributed by atoms with E-state index in [2.05, 4.69) is 15.3 Å². The average molecular weight is 274 g/mol. The molecule has 2 N–H and O–H groups in total. The molecule has 1 heterocycles. The summed E-state index contributed by atoms with van der Waals surface area (Å²) < 4.78 is 4.89. The van der Waals surface area contributed by atoms with E-state index in [9.17, 15) is 9.90 Å². The molecule has 0 fully saturated rings. The van der Waals surface area contributed by atoms with Crippen molar-refractivity contribution in [1.82, 2.24) is 9.97 Å². The topological polar surface area (TPSA) is 84.3 Å². The highest BCUT2D eigenvalue weighted by Crippen LogP contribution is 2.19. The molecule has 1 rings (SSSR count). The molecule has 0 unspecified atom stereocenters. The van der Waals surface area contributed by atoms with E-state index in [-0.39, 0.29) is 29.9 Å². The Morgan fingerprint density at radius 1 is 1.61 bits per heavy atom. The quantitative estimate of drug-likeness (QED) is 0.625. The average Bonchev–Trinajstić information content (AvgIpc) is 2.29. The molecule has 0 atom stereocenters. The lowest BCUT2D eigenvalue weighted by atomic mass is 10.1. The zero-order chi connectivity index (χ0) is 13.8. The van der Waals surface area contributed by atoms with Gasteiger partial charge in [-0.3, -0.25) is 0 Å². The largest absolute Gasteiger partial charge is 0.462 e. The fourth-order valence-electron chi connectivity index (χ4n) is 1.17. The van der Waals surface area contributed by atoms with Crippen LogP contribution in [0.2, 0.25) is 5.28 Å². The number of nitrogens with one attached hydrogen (secondary N) is 1. The van der Waals surface area contributed by atoms with Crippen molar-refractivity contribution < 1.29 is 14.6 Å². The first-order chi connectivity index (χ1) is 8.39. The molecule has 0 aliphatic rings. The molecule has 0 saturated carbocycles. The Balaban J connectivity index is 3.08. The van der Waals surface area contributed by atoms with Crippen molar-refractivity contribution in [3.63, 3.8) is 0 Å². The highest BCUT2D eigenvalue weighted by atomic mass is 35.5. The number of hydrogen-bond acceptors (Lipinski definition) is 6.